The number of aromatic nitrogens is 3. The van der Waals surface area contributed by atoms with Gasteiger partial charge in [-0.1, -0.05) is 54.1 Å². The number of rotatable bonds is 6. The summed E-state index contributed by atoms with van der Waals surface area (Å²) < 4.78 is 6.95. The first-order valence-electron chi connectivity index (χ1n) is 9.77. The Bertz CT molecular complexity index is 1020. The van der Waals surface area contributed by atoms with Gasteiger partial charge < -0.3 is 4.74 Å². The van der Waals surface area contributed by atoms with Gasteiger partial charge in [-0.25, -0.2) is 9.67 Å². The van der Waals surface area contributed by atoms with Gasteiger partial charge in [0.2, 0.25) is 0 Å². The molecule has 6 nitrogen and oxygen atoms in total. The fraction of sp³-hybridized carbons (Fsp3) is 0.318. The van der Waals surface area contributed by atoms with Gasteiger partial charge in [-0.05, 0) is 17.7 Å². The molecule has 2 aromatic carbocycles. The SMILES string of the molecule is O=c1c(Cc2cccc(Cl)c2)nc(-c2ccccc2)nn1CCN1CCOCC1. The van der Waals surface area contributed by atoms with Crippen LogP contribution >= 0.6 is 11.6 Å². The number of hydrogen-bond donors (Lipinski definition) is 0. The Hall–Kier alpha value is -2.54. The zero-order valence-electron chi connectivity index (χ0n) is 16.1. The average molecular weight is 411 g/mol. The molecular formula is C22H23ClN4O2. The van der Waals surface area contributed by atoms with E-state index in [0.717, 1.165) is 44.0 Å². The van der Waals surface area contributed by atoms with Crippen LogP contribution in [0.15, 0.2) is 59.4 Å². The molecule has 0 atom stereocenters. The van der Waals surface area contributed by atoms with Crippen LogP contribution < -0.4 is 5.56 Å². The lowest BCUT2D eigenvalue weighted by Gasteiger charge is -2.26. The molecule has 3 aromatic rings. The molecule has 0 bridgehead atoms. The van der Waals surface area contributed by atoms with Gasteiger partial charge in [-0.2, -0.15) is 0 Å². The molecule has 1 aliphatic heterocycles. The third kappa shape index (κ3) is 5.09. The summed E-state index contributed by atoms with van der Waals surface area (Å²) in [5, 5.41) is 5.20. The van der Waals surface area contributed by atoms with E-state index < -0.39 is 0 Å². The van der Waals surface area contributed by atoms with Crippen molar-refractivity contribution in [2.24, 2.45) is 0 Å². The van der Waals surface area contributed by atoms with E-state index in [1.807, 2.05) is 54.6 Å². The van der Waals surface area contributed by atoms with Gasteiger partial charge in [0.25, 0.3) is 5.56 Å². The highest BCUT2D eigenvalue weighted by atomic mass is 35.5. The minimum absolute atomic E-state index is 0.155. The summed E-state index contributed by atoms with van der Waals surface area (Å²) in [7, 11) is 0. The van der Waals surface area contributed by atoms with E-state index in [-0.39, 0.29) is 5.56 Å². The first-order chi connectivity index (χ1) is 14.2. The van der Waals surface area contributed by atoms with E-state index in [0.29, 0.717) is 29.5 Å². The van der Waals surface area contributed by atoms with Crippen molar-refractivity contribution in [3.05, 3.63) is 81.2 Å². The van der Waals surface area contributed by atoms with Crippen LogP contribution in [0, 0.1) is 0 Å². The van der Waals surface area contributed by atoms with Crippen molar-refractivity contribution in [2.45, 2.75) is 13.0 Å². The lowest BCUT2D eigenvalue weighted by molar-refractivity contribution is 0.0357. The molecule has 1 aromatic heterocycles. The summed E-state index contributed by atoms with van der Waals surface area (Å²) in [6, 6.07) is 17.3. The highest BCUT2D eigenvalue weighted by Crippen LogP contribution is 2.16. The first-order valence-corrected chi connectivity index (χ1v) is 10.1. The minimum Gasteiger partial charge on any atom is -0.379 e. The smallest absolute Gasteiger partial charge is 0.288 e. The van der Waals surface area contributed by atoms with Crippen molar-refractivity contribution >= 4 is 11.6 Å². The van der Waals surface area contributed by atoms with E-state index >= 15 is 0 Å². The molecule has 150 valence electrons. The second-order valence-corrected chi connectivity index (χ2v) is 7.47. The lowest BCUT2D eigenvalue weighted by atomic mass is 10.1. The number of halogens is 1. The molecule has 7 heteroatoms. The Labute approximate surface area is 174 Å². The molecule has 0 N–H and O–H groups in total. The molecule has 0 spiro atoms. The van der Waals surface area contributed by atoms with Crippen molar-refractivity contribution in [1.82, 2.24) is 19.7 Å². The molecule has 2 heterocycles. The molecule has 0 saturated carbocycles. The summed E-state index contributed by atoms with van der Waals surface area (Å²) in [5.74, 6) is 0.559. The van der Waals surface area contributed by atoms with Gasteiger partial charge in [0.15, 0.2) is 5.82 Å². The van der Waals surface area contributed by atoms with Crippen LogP contribution in [0.25, 0.3) is 11.4 Å². The third-order valence-electron chi connectivity index (χ3n) is 4.96. The second-order valence-electron chi connectivity index (χ2n) is 7.04. The summed E-state index contributed by atoms with van der Waals surface area (Å²) in [4.78, 5) is 20.0. The maximum Gasteiger partial charge on any atom is 0.288 e. The van der Waals surface area contributed by atoms with Crippen molar-refractivity contribution in [2.75, 3.05) is 32.8 Å². The van der Waals surface area contributed by atoms with E-state index in [2.05, 4.69) is 15.0 Å². The maximum atomic E-state index is 13.1. The third-order valence-corrected chi connectivity index (χ3v) is 5.20. The predicted molar refractivity (Wildman–Crippen MR) is 113 cm³/mol. The van der Waals surface area contributed by atoms with Crippen molar-refractivity contribution in [1.29, 1.82) is 0 Å². The molecule has 0 radical (unpaired) electrons. The average Bonchev–Trinajstić information content (AvgIpc) is 2.76. The Morgan fingerprint density at radius 3 is 2.55 bits per heavy atom. The van der Waals surface area contributed by atoms with Gasteiger partial charge in [0.1, 0.15) is 5.69 Å². The topological polar surface area (TPSA) is 60.2 Å². The van der Waals surface area contributed by atoms with Crippen LogP contribution in [0.1, 0.15) is 11.3 Å². The molecule has 1 saturated heterocycles. The van der Waals surface area contributed by atoms with E-state index in [4.69, 9.17) is 16.3 Å². The standard InChI is InChI=1S/C22H23ClN4O2/c23-19-8-4-5-17(15-19)16-20-22(28)27(10-9-26-11-13-29-14-12-26)25-21(24-20)18-6-2-1-3-7-18/h1-8,15H,9-14,16H2. The van der Waals surface area contributed by atoms with Crippen LogP contribution in [-0.4, -0.2) is 52.5 Å². The molecule has 4 rings (SSSR count). The van der Waals surface area contributed by atoms with Crippen LogP contribution in [0.3, 0.4) is 0 Å². The summed E-state index contributed by atoms with van der Waals surface area (Å²) in [6.45, 7) is 4.48. The van der Waals surface area contributed by atoms with Crippen LogP contribution in [0.5, 0.6) is 0 Å². The Morgan fingerprint density at radius 2 is 1.79 bits per heavy atom. The summed E-state index contributed by atoms with van der Waals surface area (Å²) in [5.41, 5.74) is 2.16. The Kier molecular flexibility index (Phi) is 6.34. The first kappa shape index (κ1) is 19.8. The van der Waals surface area contributed by atoms with Crippen molar-refractivity contribution in [3.63, 3.8) is 0 Å². The largest absolute Gasteiger partial charge is 0.379 e. The number of nitrogens with zero attached hydrogens (tertiary/aromatic N) is 4. The molecule has 0 amide bonds. The number of hydrogen-bond acceptors (Lipinski definition) is 5. The minimum atomic E-state index is -0.155. The van der Waals surface area contributed by atoms with E-state index in [1.54, 1.807) is 4.68 Å². The quantitative estimate of drug-likeness (QED) is 0.625. The highest BCUT2D eigenvalue weighted by molar-refractivity contribution is 6.30. The second kappa shape index (κ2) is 9.31. The highest BCUT2D eigenvalue weighted by Gasteiger charge is 2.15. The normalized spacial score (nSPS) is 14.8. The van der Waals surface area contributed by atoms with Crippen LogP contribution in [0.2, 0.25) is 5.02 Å². The summed E-state index contributed by atoms with van der Waals surface area (Å²) >= 11 is 6.11. The monoisotopic (exact) mass is 410 g/mol. The van der Waals surface area contributed by atoms with Gasteiger partial charge >= 0.3 is 0 Å². The van der Waals surface area contributed by atoms with Crippen LogP contribution in [-0.2, 0) is 17.7 Å². The van der Waals surface area contributed by atoms with Crippen LogP contribution in [0.4, 0.5) is 0 Å². The molecule has 0 unspecified atom stereocenters. The van der Waals surface area contributed by atoms with Gasteiger partial charge in [-0.3, -0.25) is 9.69 Å². The van der Waals surface area contributed by atoms with Crippen molar-refractivity contribution in [3.8, 4) is 11.4 Å². The van der Waals surface area contributed by atoms with E-state index in [1.165, 1.54) is 0 Å². The Morgan fingerprint density at radius 1 is 1.00 bits per heavy atom. The van der Waals surface area contributed by atoms with Gasteiger partial charge in [-0.15, -0.1) is 5.10 Å². The zero-order chi connectivity index (χ0) is 20.1. The number of morpholine rings is 1. The molecule has 29 heavy (non-hydrogen) atoms. The fourth-order valence-electron chi connectivity index (χ4n) is 3.38. The number of benzene rings is 2. The molecule has 1 aliphatic rings. The maximum absolute atomic E-state index is 13.1. The summed E-state index contributed by atoms with van der Waals surface area (Å²) in [6.07, 6.45) is 0.416. The molecule has 1 fully saturated rings. The lowest BCUT2D eigenvalue weighted by Crippen LogP contribution is -2.40. The molecular weight excluding hydrogens is 388 g/mol. The Balaban J connectivity index is 1.66. The van der Waals surface area contributed by atoms with Crippen molar-refractivity contribution < 1.29 is 4.74 Å². The van der Waals surface area contributed by atoms with E-state index in [9.17, 15) is 4.79 Å². The predicted octanol–water partition coefficient (Wildman–Crippen LogP) is 2.88. The molecule has 0 aliphatic carbocycles. The fourth-order valence-corrected chi connectivity index (χ4v) is 3.60. The zero-order valence-corrected chi connectivity index (χ0v) is 16.9. The van der Waals surface area contributed by atoms with Gasteiger partial charge in [0.05, 0.1) is 19.8 Å². The number of ether oxygens (including phenoxy) is 1. The van der Waals surface area contributed by atoms with Gasteiger partial charge in [0, 0.05) is 36.6 Å².